The number of likely N-dealkylation sites (tertiary alicyclic amines) is 1. The van der Waals surface area contributed by atoms with Gasteiger partial charge in [0.25, 0.3) is 5.91 Å². The first kappa shape index (κ1) is 17.6. The summed E-state index contributed by atoms with van der Waals surface area (Å²) in [5, 5.41) is 9.16. The molecule has 132 valence electrons. The summed E-state index contributed by atoms with van der Waals surface area (Å²) in [4.78, 5) is 26.8. The van der Waals surface area contributed by atoms with Crippen LogP contribution >= 0.6 is 11.8 Å². The number of hydrogen-bond acceptors (Lipinski definition) is 4. The fraction of sp³-hybridized carbons (Fsp3) is 0.368. The molecule has 0 saturated carbocycles. The van der Waals surface area contributed by atoms with E-state index in [2.05, 4.69) is 6.92 Å². The molecule has 25 heavy (non-hydrogen) atoms. The minimum absolute atomic E-state index is 0.0487. The molecule has 1 aliphatic heterocycles. The van der Waals surface area contributed by atoms with Crippen molar-refractivity contribution in [2.75, 3.05) is 13.1 Å². The van der Waals surface area contributed by atoms with Crippen molar-refractivity contribution < 1.29 is 19.1 Å². The van der Waals surface area contributed by atoms with Gasteiger partial charge in [0, 0.05) is 18.0 Å². The molecule has 1 aromatic heterocycles. The van der Waals surface area contributed by atoms with Crippen molar-refractivity contribution in [3.8, 4) is 0 Å². The third-order valence-electron chi connectivity index (χ3n) is 4.40. The Morgan fingerprint density at radius 3 is 2.84 bits per heavy atom. The fourth-order valence-electron chi connectivity index (χ4n) is 3.10. The number of nitrogens with zero attached hydrogens (tertiary/aromatic N) is 1. The lowest BCUT2D eigenvalue weighted by Crippen LogP contribution is -2.39. The van der Waals surface area contributed by atoms with Gasteiger partial charge in [0.15, 0.2) is 0 Å². The van der Waals surface area contributed by atoms with Gasteiger partial charge in [-0.2, -0.15) is 0 Å². The number of benzene rings is 1. The molecule has 0 radical (unpaired) electrons. The maximum absolute atomic E-state index is 12.9. The van der Waals surface area contributed by atoms with Crippen LogP contribution in [0.5, 0.6) is 0 Å². The third kappa shape index (κ3) is 4.07. The van der Waals surface area contributed by atoms with E-state index in [1.807, 2.05) is 29.2 Å². The number of thioether (sulfide) groups is 1. The zero-order chi connectivity index (χ0) is 17.8. The molecule has 1 amide bonds. The van der Waals surface area contributed by atoms with Gasteiger partial charge in [-0.05, 0) is 37.0 Å². The predicted molar refractivity (Wildman–Crippen MR) is 96.0 cm³/mol. The molecule has 6 heteroatoms. The van der Waals surface area contributed by atoms with Crippen molar-refractivity contribution >= 4 is 23.6 Å². The number of furan rings is 1. The Morgan fingerprint density at radius 2 is 2.08 bits per heavy atom. The standard InChI is InChI=1S/C19H21NO4S/c1-13-5-4-9-20(11-13)18(21)15-6-2-3-7-17(15)25-12-16-14(19(22)23)8-10-24-16/h2-3,6-8,10,13H,4-5,9,11-12H2,1H3,(H,22,23). The lowest BCUT2D eigenvalue weighted by molar-refractivity contribution is 0.0675. The molecule has 1 saturated heterocycles. The summed E-state index contributed by atoms with van der Waals surface area (Å²) in [6.07, 6.45) is 3.58. The van der Waals surface area contributed by atoms with Gasteiger partial charge >= 0.3 is 5.97 Å². The van der Waals surface area contributed by atoms with E-state index in [1.165, 1.54) is 24.1 Å². The lowest BCUT2D eigenvalue weighted by Gasteiger charge is -2.31. The Labute approximate surface area is 151 Å². The second-order valence-corrected chi connectivity index (χ2v) is 7.36. The van der Waals surface area contributed by atoms with E-state index in [0.717, 1.165) is 30.8 Å². The number of carbonyl (C=O) groups is 2. The highest BCUT2D eigenvalue weighted by Gasteiger charge is 2.24. The molecule has 1 atom stereocenters. The quantitative estimate of drug-likeness (QED) is 0.812. The summed E-state index contributed by atoms with van der Waals surface area (Å²) in [5.41, 5.74) is 0.839. The second-order valence-electron chi connectivity index (χ2n) is 6.35. The molecule has 0 spiro atoms. The number of carboxylic acid groups (broad SMARTS) is 1. The molecular formula is C19H21NO4S. The zero-order valence-corrected chi connectivity index (χ0v) is 14.9. The molecule has 3 rings (SSSR count). The van der Waals surface area contributed by atoms with Crippen LogP contribution in [0.25, 0.3) is 0 Å². The predicted octanol–water partition coefficient (Wildman–Crippen LogP) is 4.14. The Morgan fingerprint density at radius 1 is 1.28 bits per heavy atom. The van der Waals surface area contributed by atoms with Crippen LogP contribution in [0.1, 0.15) is 46.2 Å². The van der Waals surface area contributed by atoms with Crippen molar-refractivity contribution in [2.24, 2.45) is 5.92 Å². The molecule has 2 heterocycles. The summed E-state index contributed by atoms with van der Waals surface area (Å²) in [7, 11) is 0. The van der Waals surface area contributed by atoms with Gasteiger partial charge in [-0.25, -0.2) is 4.79 Å². The molecule has 1 unspecified atom stereocenters. The van der Waals surface area contributed by atoms with Crippen LogP contribution in [0.15, 0.2) is 45.9 Å². The highest BCUT2D eigenvalue weighted by molar-refractivity contribution is 7.98. The maximum Gasteiger partial charge on any atom is 0.339 e. The number of amides is 1. The molecule has 1 N–H and O–H groups in total. The number of carbonyl (C=O) groups excluding carboxylic acids is 1. The van der Waals surface area contributed by atoms with Crippen molar-refractivity contribution in [3.05, 3.63) is 53.5 Å². The third-order valence-corrected chi connectivity index (χ3v) is 5.47. The first-order valence-corrected chi connectivity index (χ1v) is 9.35. The van der Waals surface area contributed by atoms with Gasteiger partial charge in [0.05, 0.1) is 17.6 Å². The Bertz CT molecular complexity index is 770. The molecule has 1 aromatic carbocycles. The first-order chi connectivity index (χ1) is 12.1. The van der Waals surface area contributed by atoms with Crippen LogP contribution in [0.2, 0.25) is 0 Å². The summed E-state index contributed by atoms with van der Waals surface area (Å²) in [5.74, 6) is 0.351. The average molecular weight is 359 g/mol. The van der Waals surface area contributed by atoms with E-state index in [4.69, 9.17) is 9.52 Å². The van der Waals surface area contributed by atoms with Crippen molar-refractivity contribution in [1.82, 2.24) is 4.90 Å². The number of hydrogen-bond donors (Lipinski definition) is 1. The van der Waals surface area contributed by atoms with Gasteiger partial charge in [-0.1, -0.05) is 19.1 Å². The van der Waals surface area contributed by atoms with Crippen molar-refractivity contribution in [2.45, 2.75) is 30.4 Å². The van der Waals surface area contributed by atoms with E-state index in [9.17, 15) is 9.59 Å². The van der Waals surface area contributed by atoms with Crippen LogP contribution in [0.3, 0.4) is 0 Å². The van der Waals surface area contributed by atoms with Crippen LogP contribution in [-0.2, 0) is 5.75 Å². The molecule has 5 nitrogen and oxygen atoms in total. The number of rotatable bonds is 5. The first-order valence-electron chi connectivity index (χ1n) is 8.37. The fourth-order valence-corrected chi connectivity index (χ4v) is 4.10. The molecule has 1 aliphatic rings. The van der Waals surface area contributed by atoms with E-state index in [1.54, 1.807) is 0 Å². The van der Waals surface area contributed by atoms with E-state index >= 15 is 0 Å². The number of aromatic carboxylic acids is 1. The number of carboxylic acids is 1. The van der Waals surface area contributed by atoms with E-state index in [-0.39, 0.29) is 11.5 Å². The van der Waals surface area contributed by atoms with Crippen molar-refractivity contribution in [1.29, 1.82) is 0 Å². The summed E-state index contributed by atoms with van der Waals surface area (Å²) in [6.45, 7) is 3.76. The second kappa shape index (κ2) is 7.78. The largest absolute Gasteiger partial charge is 0.478 e. The highest BCUT2D eigenvalue weighted by atomic mass is 32.2. The van der Waals surface area contributed by atoms with Crippen LogP contribution in [0, 0.1) is 5.92 Å². The van der Waals surface area contributed by atoms with E-state index in [0.29, 0.717) is 23.0 Å². The normalized spacial score (nSPS) is 17.5. The van der Waals surface area contributed by atoms with Crippen LogP contribution < -0.4 is 0 Å². The molecule has 1 fully saturated rings. The monoisotopic (exact) mass is 359 g/mol. The SMILES string of the molecule is CC1CCCN(C(=O)c2ccccc2SCc2occc2C(=O)O)C1. The molecule has 2 aromatic rings. The van der Waals surface area contributed by atoms with Gasteiger partial charge in [-0.15, -0.1) is 11.8 Å². The topological polar surface area (TPSA) is 70.8 Å². The average Bonchev–Trinajstić information content (AvgIpc) is 3.08. The van der Waals surface area contributed by atoms with E-state index < -0.39 is 5.97 Å². The minimum Gasteiger partial charge on any atom is -0.478 e. The molecular weight excluding hydrogens is 338 g/mol. The lowest BCUT2D eigenvalue weighted by atomic mass is 9.99. The summed E-state index contributed by atoms with van der Waals surface area (Å²) in [6, 6.07) is 8.93. The van der Waals surface area contributed by atoms with Crippen LogP contribution in [-0.4, -0.2) is 35.0 Å². The van der Waals surface area contributed by atoms with Gasteiger partial charge < -0.3 is 14.4 Å². The highest BCUT2D eigenvalue weighted by Crippen LogP contribution is 2.29. The molecule has 0 bridgehead atoms. The smallest absolute Gasteiger partial charge is 0.339 e. The zero-order valence-electron chi connectivity index (χ0n) is 14.1. The summed E-state index contributed by atoms with van der Waals surface area (Å²) >= 11 is 1.42. The van der Waals surface area contributed by atoms with Gasteiger partial charge in [-0.3, -0.25) is 4.79 Å². The van der Waals surface area contributed by atoms with Crippen LogP contribution in [0.4, 0.5) is 0 Å². The Hall–Kier alpha value is -2.21. The minimum atomic E-state index is -1.00. The van der Waals surface area contributed by atoms with Gasteiger partial charge in [0.2, 0.25) is 0 Å². The Balaban J connectivity index is 1.75. The van der Waals surface area contributed by atoms with Gasteiger partial charge in [0.1, 0.15) is 11.3 Å². The molecule has 0 aliphatic carbocycles. The maximum atomic E-state index is 12.9. The van der Waals surface area contributed by atoms with Crippen molar-refractivity contribution in [3.63, 3.8) is 0 Å². The summed E-state index contributed by atoms with van der Waals surface area (Å²) < 4.78 is 5.28. The number of piperidine rings is 1. The Kier molecular flexibility index (Phi) is 5.48.